The van der Waals surface area contributed by atoms with E-state index in [1.165, 1.54) is 27.8 Å². The number of hydrogen-bond acceptors (Lipinski definition) is 4. The molecule has 1 aromatic carbocycles. The lowest BCUT2D eigenvalue weighted by atomic mass is 10.2. The molecule has 0 bridgehead atoms. The molecule has 1 aromatic heterocycles. The van der Waals surface area contributed by atoms with Crippen molar-refractivity contribution < 1.29 is 13.2 Å². The SMILES string of the molecule is O=C(Cc1ccsc1)Nc1ccc(Cl)c(S(=O)(=O)N2CCCC2)c1. The number of amides is 1. The van der Waals surface area contributed by atoms with E-state index in [2.05, 4.69) is 5.32 Å². The largest absolute Gasteiger partial charge is 0.326 e. The highest BCUT2D eigenvalue weighted by Gasteiger charge is 2.29. The van der Waals surface area contributed by atoms with Crippen molar-refractivity contribution in [3.05, 3.63) is 45.6 Å². The number of nitrogens with one attached hydrogen (secondary N) is 1. The number of hydrogen-bond donors (Lipinski definition) is 1. The van der Waals surface area contributed by atoms with Crippen LogP contribution in [0.25, 0.3) is 0 Å². The first-order chi connectivity index (χ1) is 11.5. The van der Waals surface area contributed by atoms with E-state index in [1.807, 2.05) is 16.8 Å². The van der Waals surface area contributed by atoms with Gasteiger partial charge < -0.3 is 5.32 Å². The average Bonchev–Trinajstić information content (AvgIpc) is 3.22. The first-order valence-electron chi connectivity index (χ1n) is 7.57. The third-order valence-electron chi connectivity index (χ3n) is 3.84. The van der Waals surface area contributed by atoms with Gasteiger partial charge >= 0.3 is 0 Å². The van der Waals surface area contributed by atoms with Crippen molar-refractivity contribution in [3.8, 4) is 0 Å². The van der Waals surface area contributed by atoms with Gasteiger partial charge in [-0.05, 0) is 53.4 Å². The van der Waals surface area contributed by atoms with E-state index in [0.29, 0.717) is 18.8 Å². The third kappa shape index (κ3) is 3.80. The second-order valence-corrected chi connectivity index (χ2v) is 8.71. The van der Waals surface area contributed by atoms with Crippen molar-refractivity contribution in [1.82, 2.24) is 4.31 Å². The Hall–Kier alpha value is -1.41. The number of carbonyl (C=O) groups is 1. The number of sulfonamides is 1. The van der Waals surface area contributed by atoms with E-state index in [4.69, 9.17) is 11.6 Å². The summed E-state index contributed by atoms with van der Waals surface area (Å²) in [6, 6.07) is 6.43. The summed E-state index contributed by atoms with van der Waals surface area (Å²) >= 11 is 7.62. The molecule has 0 saturated carbocycles. The van der Waals surface area contributed by atoms with Gasteiger partial charge in [-0.2, -0.15) is 15.6 Å². The van der Waals surface area contributed by atoms with Crippen LogP contribution in [0.1, 0.15) is 18.4 Å². The highest BCUT2D eigenvalue weighted by atomic mass is 35.5. The fraction of sp³-hybridized carbons (Fsp3) is 0.312. The molecule has 1 fully saturated rings. The fourth-order valence-corrected chi connectivity index (χ4v) is 5.32. The van der Waals surface area contributed by atoms with Crippen LogP contribution in [-0.2, 0) is 21.2 Å². The summed E-state index contributed by atoms with van der Waals surface area (Å²) in [5.41, 5.74) is 1.36. The van der Waals surface area contributed by atoms with Crippen LogP contribution in [0.3, 0.4) is 0 Å². The first-order valence-corrected chi connectivity index (χ1v) is 10.3. The minimum Gasteiger partial charge on any atom is -0.326 e. The monoisotopic (exact) mass is 384 g/mol. The summed E-state index contributed by atoms with van der Waals surface area (Å²) in [5.74, 6) is -0.194. The van der Waals surface area contributed by atoms with Crippen molar-refractivity contribution in [1.29, 1.82) is 0 Å². The molecule has 0 spiro atoms. The molecule has 5 nitrogen and oxygen atoms in total. The van der Waals surface area contributed by atoms with Crippen molar-refractivity contribution in [2.75, 3.05) is 18.4 Å². The topological polar surface area (TPSA) is 66.5 Å². The zero-order valence-electron chi connectivity index (χ0n) is 12.9. The molecule has 2 aromatic rings. The number of thiophene rings is 1. The summed E-state index contributed by atoms with van der Waals surface area (Å²) < 4.78 is 26.8. The van der Waals surface area contributed by atoms with Crippen LogP contribution in [0.15, 0.2) is 39.9 Å². The van der Waals surface area contributed by atoms with Crippen LogP contribution < -0.4 is 5.32 Å². The van der Waals surface area contributed by atoms with Crippen molar-refractivity contribution in [2.45, 2.75) is 24.2 Å². The van der Waals surface area contributed by atoms with Gasteiger partial charge in [0.05, 0.1) is 11.4 Å². The predicted molar refractivity (Wildman–Crippen MR) is 96.1 cm³/mol. The summed E-state index contributed by atoms with van der Waals surface area (Å²) in [6.07, 6.45) is 1.96. The quantitative estimate of drug-likeness (QED) is 0.859. The molecule has 8 heteroatoms. The summed E-state index contributed by atoms with van der Waals surface area (Å²) in [7, 11) is -3.63. The number of benzene rings is 1. The molecule has 1 aliphatic heterocycles. The first kappa shape index (κ1) is 17.4. The summed E-state index contributed by atoms with van der Waals surface area (Å²) in [6.45, 7) is 1.01. The lowest BCUT2D eigenvalue weighted by molar-refractivity contribution is -0.115. The Morgan fingerprint density at radius 2 is 2.00 bits per heavy atom. The molecule has 0 aliphatic carbocycles. The highest BCUT2D eigenvalue weighted by molar-refractivity contribution is 7.89. The number of nitrogens with zero attached hydrogens (tertiary/aromatic N) is 1. The number of rotatable bonds is 5. The molecule has 24 heavy (non-hydrogen) atoms. The van der Waals surface area contributed by atoms with Gasteiger partial charge in [-0.25, -0.2) is 8.42 Å². The molecule has 0 radical (unpaired) electrons. The zero-order valence-corrected chi connectivity index (χ0v) is 15.3. The van der Waals surface area contributed by atoms with E-state index in [0.717, 1.165) is 18.4 Å². The smallest absolute Gasteiger partial charge is 0.244 e. The molecule has 1 N–H and O–H groups in total. The molecule has 2 heterocycles. The van der Waals surface area contributed by atoms with Crippen LogP contribution >= 0.6 is 22.9 Å². The molecule has 1 aliphatic rings. The van der Waals surface area contributed by atoms with Gasteiger partial charge in [0.2, 0.25) is 15.9 Å². The Morgan fingerprint density at radius 3 is 2.67 bits per heavy atom. The van der Waals surface area contributed by atoms with Gasteiger partial charge in [0.25, 0.3) is 0 Å². The van der Waals surface area contributed by atoms with Crippen LogP contribution in [0.5, 0.6) is 0 Å². The number of halogens is 1. The molecule has 128 valence electrons. The second-order valence-electron chi connectivity index (χ2n) is 5.61. The maximum Gasteiger partial charge on any atom is 0.244 e. The van der Waals surface area contributed by atoms with Gasteiger partial charge in [0.1, 0.15) is 4.90 Å². The van der Waals surface area contributed by atoms with E-state index in [1.54, 1.807) is 6.07 Å². The van der Waals surface area contributed by atoms with Gasteiger partial charge in [0.15, 0.2) is 0 Å². The van der Waals surface area contributed by atoms with Crippen LogP contribution in [-0.4, -0.2) is 31.7 Å². The van der Waals surface area contributed by atoms with Gasteiger partial charge in [-0.1, -0.05) is 11.6 Å². The average molecular weight is 385 g/mol. The Labute approximate surface area is 150 Å². The Morgan fingerprint density at radius 1 is 1.25 bits per heavy atom. The fourth-order valence-electron chi connectivity index (χ4n) is 2.63. The summed E-state index contributed by atoms with van der Waals surface area (Å²) in [5, 5.41) is 6.71. The molecule has 0 unspecified atom stereocenters. The lowest BCUT2D eigenvalue weighted by Gasteiger charge is -2.17. The van der Waals surface area contributed by atoms with Crippen molar-refractivity contribution in [3.63, 3.8) is 0 Å². The maximum atomic E-state index is 12.7. The Balaban J connectivity index is 1.79. The Bertz CT molecular complexity index is 829. The van der Waals surface area contributed by atoms with Gasteiger partial charge in [-0.15, -0.1) is 0 Å². The molecule has 3 rings (SSSR count). The molecule has 0 atom stereocenters. The van der Waals surface area contributed by atoms with Crippen molar-refractivity contribution >= 4 is 44.6 Å². The van der Waals surface area contributed by atoms with E-state index in [9.17, 15) is 13.2 Å². The normalized spacial score (nSPS) is 15.5. The van der Waals surface area contributed by atoms with Crippen molar-refractivity contribution in [2.24, 2.45) is 0 Å². The molecular weight excluding hydrogens is 368 g/mol. The van der Waals surface area contributed by atoms with E-state index < -0.39 is 10.0 Å². The molecular formula is C16H17ClN2O3S2. The second kappa shape index (κ2) is 7.23. The minimum atomic E-state index is -3.63. The van der Waals surface area contributed by atoms with E-state index in [-0.39, 0.29) is 22.2 Å². The summed E-state index contributed by atoms with van der Waals surface area (Å²) in [4.78, 5) is 12.1. The molecule has 1 saturated heterocycles. The standard InChI is InChI=1S/C16H17ClN2O3S2/c17-14-4-3-13(18-16(20)9-12-5-8-23-11-12)10-15(14)24(21,22)19-6-1-2-7-19/h3-5,8,10-11H,1-2,6-7,9H2,(H,18,20). The van der Waals surface area contributed by atoms with Crippen LogP contribution in [0, 0.1) is 0 Å². The van der Waals surface area contributed by atoms with Gasteiger partial charge in [0, 0.05) is 18.8 Å². The highest BCUT2D eigenvalue weighted by Crippen LogP contribution is 2.29. The zero-order chi connectivity index (χ0) is 17.2. The van der Waals surface area contributed by atoms with Crippen LogP contribution in [0.2, 0.25) is 5.02 Å². The Kier molecular flexibility index (Phi) is 5.24. The number of anilines is 1. The predicted octanol–water partition coefficient (Wildman–Crippen LogP) is 3.37. The number of carbonyl (C=O) groups excluding carboxylic acids is 1. The maximum absolute atomic E-state index is 12.7. The lowest BCUT2D eigenvalue weighted by Crippen LogP contribution is -2.28. The minimum absolute atomic E-state index is 0.0411. The third-order valence-corrected chi connectivity index (χ3v) is 6.95. The molecule has 1 amide bonds. The van der Waals surface area contributed by atoms with E-state index >= 15 is 0 Å². The van der Waals surface area contributed by atoms with Crippen LogP contribution in [0.4, 0.5) is 5.69 Å². The van der Waals surface area contributed by atoms with Gasteiger partial charge in [-0.3, -0.25) is 4.79 Å².